The fourth-order valence-electron chi connectivity index (χ4n) is 4.52. The zero-order chi connectivity index (χ0) is 29.8. The molecule has 0 saturated carbocycles. The van der Waals surface area contributed by atoms with Crippen molar-refractivity contribution in [1.82, 2.24) is 0 Å². The van der Waals surface area contributed by atoms with Crippen LogP contribution >= 0.6 is 0 Å². The van der Waals surface area contributed by atoms with Gasteiger partial charge in [0, 0.05) is 34.5 Å². The summed E-state index contributed by atoms with van der Waals surface area (Å²) in [5.74, 6) is -0.968. The SMILES string of the molecule is Nc1ccccc1C(=O)Nc1ccc2c(c1)CC(=O)N2.O=C1Cc2ccc(NC(=O)c3ccccc3[N+](=O)[O-])cc2N1. The van der Waals surface area contributed by atoms with Crippen LogP contribution in [0.25, 0.3) is 0 Å². The molecule has 12 nitrogen and oxygen atoms in total. The molecular formula is C30H24N6O6. The fraction of sp³-hybridized carbons (Fsp3) is 0.0667. The number of hydrogen-bond acceptors (Lipinski definition) is 7. The Bertz CT molecular complexity index is 1770. The first-order valence-electron chi connectivity index (χ1n) is 12.7. The number of nitrogens with zero attached hydrogens (tertiary/aromatic N) is 1. The molecular weight excluding hydrogens is 540 g/mol. The van der Waals surface area contributed by atoms with Gasteiger partial charge in [-0.1, -0.05) is 30.3 Å². The number of nitro benzene ring substituents is 1. The van der Waals surface area contributed by atoms with E-state index in [2.05, 4.69) is 21.3 Å². The molecule has 0 aliphatic carbocycles. The maximum absolute atomic E-state index is 12.2. The van der Waals surface area contributed by atoms with Crippen LogP contribution in [0, 0.1) is 10.1 Å². The van der Waals surface area contributed by atoms with Gasteiger partial charge in [-0.15, -0.1) is 0 Å². The summed E-state index contributed by atoms with van der Waals surface area (Å²) >= 11 is 0. The normalized spacial score (nSPS) is 12.6. The molecule has 0 unspecified atom stereocenters. The molecule has 2 heterocycles. The van der Waals surface area contributed by atoms with Crippen molar-refractivity contribution in [2.24, 2.45) is 0 Å². The first kappa shape index (κ1) is 27.5. The zero-order valence-electron chi connectivity index (χ0n) is 22.0. The molecule has 210 valence electrons. The minimum Gasteiger partial charge on any atom is -0.398 e. The number of nitrogens with two attached hydrogens (primary N) is 1. The number of anilines is 5. The summed E-state index contributed by atoms with van der Waals surface area (Å²) in [6.07, 6.45) is 0.653. The number of rotatable bonds is 5. The van der Waals surface area contributed by atoms with Crippen molar-refractivity contribution in [2.45, 2.75) is 12.8 Å². The van der Waals surface area contributed by atoms with Crippen LogP contribution in [0.3, 0.4) is 0 Å². The number of fused-ring (bicyclic) bond motifs is 2. The standard InChI is InChI=1S/C15H11N3O4.C15H13N3O2/c19-14-7-9-5-6-10(8-12(9)17-14)16-15(20)11-3-1-2-4-13(11)18(21)22;16-12-4-2-1-3-11(12)15(20)17-10-5-6-13-9(7-10)8-14(19)18-13/h1-6,8H,7H2,(H,16,20)(H,17,19);1-7H,8,16H2,(H,17,20)(H,18,19). The van der Waals surface area contributed by atoms with Crippen molar-refractivity contribution in [3.8, 4) is 0 Å². The van der Waals surface area contributed by atoms with E-state index in [0.29, 0.717) is 41.2 Å². The average molecular weight is 565 g/mol. The van der Waals surface area contributed by atoms with Gasteiger partial charge in [-0.3, -0.25) is 29.3 Å². The quantitative estimate of drug-likeness (QED) is 0.135. The van der Waals surface area contributed by atoms with Gasteiger partial charge in [-0.05, 0) is 59.7 Å². The molecule has 4 aromatic carbocycles. The molecule has 0 bridgehead atoms. The molecule has 0 atom stereocenters. The predicted molar refractivity (Wildman–Crippen MR) is 157 cm³/mol. The molecule has 0 aromatic heterocycles. The molecule has 0 saturated heterocycles. The van der Waals surface area contributed by atoms with E-state index in [1.165, 1.54) is 18.2 Å². The highest BCUT2D eigenvalue weighted by atomic mass is 16.6. The Balaban J connectivity index is 0.000000169. The van der Waals surface area contributed by atoms with Gasteiger partial charge in [0.2, 0.25) is 11.8 Å². The lowest BCUT2D eigenvalue weighted by molar-refractivity contribution is -0.385. The summed E-state index contributed by atoms with van der Waals surface area (Å²) in [6, 6.07) is 23.0. The molecule has 2 aliphatic rings. The van der Waals surface area contributed by atoms with E-state index in [1.807, 2.05) is 0 Å². The lowest BCUT2D eigenvalue weighted by atomic mass is 10.1. The summed E-state index contributed by atoms with van der Waals surface area (Å²) in [4.78, 5) is 57.3. The first-order chi connectivity index (χ1) is 20.2. The Morgan fingerprint density at radius 1 is 0.714 bits per heavy atom. The van der Waals surface area contributed by atoms with E-state index in [1.54, 1.807) is 66.7 Å². The molecule has 42 heavy (non-hydrogen) atoms. The number of hydrogen-bond donors (Lipinski definition) is 5. The highest BCUT2D eigenvalue weighted by molar-refractivity contribution is 6.09. The molecule has 12 heteroatoms. The van der Waals surface area contributed by atoms with Crippen LogP contribution < -0.4 is 27.0 Å². The summed E-state index contributed by atoms with van der Waals surface area (Å²) in [5, 5.41) is 21.8. The molecule has 6 N–H and O–H groups in total. The van der Waals surface area contributed by atoms with E-state index in [0.717, 1.165) is 16.8 Å². The van der Waals surface area contributed by atoms with E-state index in [9.17, 15) is 29.3 Å². The summed E-state index contributed by atoms with van der Waals surface area (Å²) in [7, 11) is 0. The fourth-order valence-corrected chi connectivity index (χ4v) is 4.52. The number of nitrogens with one attached hydrogen (secondary N) is 4. The van der Waals surface area contributed by atoms with Crippen molar-refractivity contribution in [1.29, 1.82) is 0 Å². The lowest BCUT2D eigenvalue weighted by Crippen LogP contribution is -2.14. The Morgan fingerprint density at radius 3 is 2.00 bits per heavy atom. The summed E-state index contributed by atoms with van der Waals surface area (Å²) in [6.45, 7) is 0. The molecule has 2 aliphatic heterocycles. The second-order valence-corrected chi connectivity index (χ2v) is 9.46. The first-order valence-corrected chi connectivity index (χ1v) is 12.7. The zero-order valence-corrected chi connectivity index (χ0v) is 22.0. The van der Waals surface area contributed by atoms with E-state index < -0.39 is 10.8 Å². The van der Waals surface area contributed by atoms with Gasteiger partial charge >= 0.3 is 0 Å². The minimum absolute atomic E-state index is 0.0166. The van der Waals surface area contributed by atoms with Gasteiger partial charge in [0.1, 0.15) is 5.56 Å². The number of benzene rings is 4. The summed E-state index contributed by atoms with van der Waals surface area (Å²) < 4.78 is 0. The topological polar surface area (TPSA) is 186 Å². The van der Waals surface area contributed by atoms with E-state index in [4.69, 9.17) is 5.73 Å². The highest BCUT2D eigenvalue weighted by Gasteiger charge is 2.22. The second kappa shape index (κ2) is 11.6. The molecule has 0 fully saturated rings. The number of amides is 4. The Hall–Kier alpha value is -6.04. The highest BCUT2D eigenvalue weighted by Crippen LogP contribution is 2.28. The van der Waals surface area contributed by atoms with Crippen molar-refractivity contribution < 1.29 is 24.1 Å². The van der Waals surface area contributed by atoms with E-state index in [-0.39, 0.29) is 29.0 Å². The maximum atomic E-state index is 12.2. The second-order valence-electron chi connectivity index (χ2n) is 9.46. The van der Waals surface area contributed by atoms with E-state index >= 15 is 0 Å². The van der Waals surface area contributed by atoms with Crippen LogP contribution in [0.4, 0.5) is 34.1 Å². The maximum Gasteiger partial charge on any atom is 0.282 e. The smallest absolute Gasteiger partial charge is 0.282 e. The predicted octanol–water partition coefficient (Wildman–Crippen LogP) is 4.36. The molecule has 4 amide bonds. The van der Waals surface area contributed by atoms with Gasteiger partial charge in [-0.2, -0.15) is 0 Å². The molecule has 0 spiro atoms. The average Bonchev–Trinajstić information content (AvgIpc) is 3.53. The van der Waals surface area contributed by atoms with Crippen LogP contribution in [0.15, 0.2) is 84.9 Å². The third kappa shape index (κ3) is 6.07. The van der Waals surface area contributed by atoms with Crippen molar-refractivity contribution in [3.05, 3.63) is 117 Å². The largest absolute Gasteiger partial charge is 0.398 e. The number of carbonyl (C=O) groups excluding carboxylic acids is 4. The number of carbonyl (C=O) groups is 4. The number of nitro groups is 1. The van der Waals surface area contributed by atoms with Gasteiger partial charge in [0.15, 0.2) is 0 Å². The van der Waals surface area contributed by atoms with Crippen molar-refractivity contribution >= 4 is 57.8 Å². The Morgan fingerprint density at radius 2 is 1.29 bits per heavy atom. The molecule has 6 rings (SSSR count). The van der Waals surface area contributed by atoms with Gasteiger partial charge in [-0.25, -0.2) is 0 Å². The van der Waals surface area contributed by atoms with Crippen LogP contribution in [0.2, 0.25) is 0 Å². The summed E-state index contributed by atoms with van der Waals surface area (Å²) in [5.41, 5.74) is 10.7. The minimum atomic E-state index is -0.599. The Labute approximate surface area is 239 Å². The van der Waals surface area contributed by atoms with Gasteiger partial charge in [0.05, 0.1) is 23.3 Å². The third-order valence-corrected chi connectivity index (χ3v) is 6.53. The number of nitrogen functional groups attached to an aromatic ring is 1. The molecule has 4 aromatic rings. The lowest BCUT2D eigenvalue weighted by Gasteiger charge is -2.08. The van der Waals surface area contributed by atoms with Crippen molar-refractivity contribution in [3.63, 3.8) is 0 Å². The van der Waals surface area contributed by atoms with Crippen LogP contribution in [-0.4, -0.2) is 28.6 Å². The number of para-hydroxylation sites is 2. The van der Waals surface area contributed by atoms with Crippen LogP contribution in [0.5, 0.6) is 0 Å². The molecule has 0 radical (unpaired) electrons. The van der Waals surface area contributed by atoms with Gasteiger partial charge in [0.25, 0.3) is 17.5 Å². The van der Waals surface area contributed by atoms with Crippen LogP contribution in [-0.2, 0) is 22.4 Å². The Kier molecular flexibility index (Phi) is 7.60. The van der Waals surface area contributed by atoms with Gasteiger partial charge < -0.3 is 27.0 Å². The third-order valence-electron chi connectivity index (χ3n) is 6.53. The monoisotopic (exact) mass is 564 g/mol. The van der Waals surface area contributed by atoms with Crippen LogP contribution in [0.1, 0.15) is 31.8 Å². The van der Waals surface area contributed by atoms with Crippen molar-refractivity contribution in [2.75, 3.05) is 27.0 Å².